The van der Waals surface area contributed by atoms with E-state index in [-0.39, 0.29) is 0 Å². The van der Waals surface area contributed by atoms with Crippen LogP contribution in [0.2, 0.25) is 0 Å². The predicted molar refractivity (Wildman–Crippen MR) is 73.5 cm³/mol. The number of aromatic nitrogens is 2. The lowest BCUT2D eigenvalue weighted by Crippen LogP contribution is -2.23. The first-order valence-corrected chi connectivity index (χ1v) is 7.31. The fraction of sp³-hybridized carbons (Fsp3) is 0.429. The number of hydrogen-bond acceptors (Lipinski definition) is 4. The van der Waals surface area contributed by atoms with Crippen LogP contribution in [0.3, 0.4) is 0 Å². The Morgan fingerprint density at radius 3 is 3.17 bits per heavy atom. The number of thiophene rings is 1. The Labute approximate surface area is 112 Å². The SMILES string of the molecule is Cc1cncc([C@@H]2CCCN2Cc2ccsc2)n1. The first-order valence-electron chi connectivity index (χ1n) is 6.36. The Balaban J connectivity index is 1.79. The van der Waals surface area contributed by atoms with Crippen molar-refractivity contribution in [2.45, 2.75) is 32.4 Å². The Hall–Kier alpha value is -1.26. The van der Waals surface area contributed by atoms with Crippen LogP contribution in [0.15, 0.2) is 29.2 Å². The van der Waals surface area contributed by atoms with Crippen molar-refractivity contribution >= 4 is 11.3 Å². The van der Waals surface area contributed by atoms with E-state index in [1.54, 1.807) is 11.3 Å². The second-order valence-corrected chi connectivity index (χ2v) is 5.63. The van der Waals surface area contributed by atoms with Crippen molar-refractivity contribution in [3.63, 3.8) is 0 Å². The van der Waals surface area contributed by atoms with E-state index in [1.165, 1.54) is 18.4 Å². The molecule has 1 aliphatic heterocycles. The molecule has 0 N–H and O–H groups in total. The van der Waals surface area contributed by atoms with E-state index < -0.39 is 0 Å². The van der Waals surface area contributed by atoms with E-state index in [2.05, 4.69) is 31.7 Å². The molecule has 3 nitrogen and oxygen atoms in total. The second kappa shape index (κ2) is 5.16. The molecule has 0 amide bonds. The minimum atomic E-state index is 0.442. The topological polar surface area (TPSA) is 29.0 Å². The summed E-state index contributed by atoms with van der Waals surface area (Å²) in [4.78, 5) is 11.4. The van der Waals surface area contributed by atoms with E-state index in [0.29, 0.717) is 6.04 Å². The molecule has 0 aromatic carbocycles. The average molecular weight is 259 g/mol. The molecule has 0 bridgehead atoms. The van der Waals surface area contributed by atoms with Crippen molar-refractivity contribution in [1.29, 1.82) is 0 Å². The molecule has 3 heterocycles. The molecule has 0 saturated carbocycles. The summed E-state index contributed by atoms with van der Waals surface area (Å²) < 4.78 is 0. The normalized spacial score (nSPS) is 20.4. The quantitative estimate of drug-likeness (QED) is 0.847. The zero-order valence-corrected chi connectivity index (χ0v) is 11.4. The highest BCUT2D eigenvalue weighted by Crippen LogP contribution is 2.32. The molecule has 1 aliphatic rings. The van der Waals surface area contributed by atoms with Crippen molar-refractivity contribution in [2.75, 3.05) is 6.54 Å². The summed E-state index contributed by atoms with van der Waals surface area (Å²) in [5.74, 6) is 0. The highest BCUT2D eigenvalue weighted by atomic mass is 32.1. The third kappa shape index (κ3) is 2.44. The van der Waals surface area contributed by atoms with Gasteiger partial charge < -0.3 is 0 Å². The van der Waals surface area contributed by atoms with Gasteiger partial charge in [0.25, 0.3) is 0 Å². The average Bonchev–Trinajstić information content (AvgIpc) is 3.01. The van der Waals surface area contributed by atoms with E-state index in [4.69, 9.17) is 0 Å². The maximum absolute atomic E-state index is 4.63. The predicted octanol–water partition coefficient (Wildman–Crippen LogP) is 3.18. The number of nitrogens with zero attached hydrogens (tertiary/aromatic N) is 3. The molecule has 0 unspecified atom stereocenters. The molecule has 18 heavy (non-hydrogen) atoms. The third-order valence-corrected chi connectivity index (χ3v) is 4.18. The Morgan fingerprint density at radius 2 is 2.39 bits per heavy atom. The summed E-state index contributed by atoms with van der Waals surface area (Å²) in [6.07, 6.45) is 6.19. The van der Waals surface area contributed by atoms with Crippen molar-refractivity contribution in [2.24, 2.45) is 0 Å². The lowest BCUT2D eigenvalue weighted by atomic mass is 10.1. The fourth-order valence-electron chi connectivity index (χ4n) is 2.61. The van der Waals surface area contributed by atoms with Crippen molar-refractivity contribution in [1.82, 2.24) is 14.9 Å². The smallest absolute Gasteiger partial charge is 0.0761 e. The Kier molecular flexibility index (Phi) is 3.39. The van der Waals surface area contributed by atoms with Gasteiger partial charge in [0.15, 0.2) is 0 Å². The van der Waals surface area contributed by atoms with Crippen molar-refractivity contribution in [3.8, 4) is 0 Å². The van der Waals surface area contributed by atoms with Gasteiger partial charge in [0.2, 0.25) is 0 Å². The third-order valence-electron chi connectivity index (χ3n) is 3.44. The molecule has 2 aromatic heterocycles. The van der Waals surface area contributed by atoms with E-state index >= 15 is 0 Å². The minimum absolute atomic E-state index is 0.442. The summed E-state index contributed by atoms with van der Waals surface area (Å²) >= 11 is 1.77. The summed E-state index contributed by atoms with van der Waals surface area (Å²) in [5, 5.41) is 4.38. The fourth-order valence-corrected chi connectivity index (χ4v) is 3.27. The highest BCUT2D eigenvalue weighted by molar-refractivity contribution is 7.07. The first-order chi connectivity index (χ1) is 8.83. The van der Waals surface area contributed by atoms with Crippen LogP contribution in [0.25, 0.3) is 0 Å². The number of aryl methyl sites for hydroxylation is 1. The molecule has 3 rings (SSSR count). The lowest BCUT2D eigenvalue weighted by molar-refractivity contribution is 0.244. The molecule has 0 radical (unpaired) electrons. The van der Waals surface area contributed by atoms with E-state index in [0.717, 1.165) is 24.5 Å². The zero-order chi connectivity index (χ0) is 12.4. The molecule has 1 saturated heterocycles. The maximum Gasteiger partial charge on any atom is 0.0761 e. The molecule has 0 spiro atoms. The van der Waals surface area contributed by atoms with Crippen LogP contribution in [0.4, 0.5) is 0 Å². The van der Waals surface area contributed by atoms with Gasteiger partial charge in [-0.15, -0.1) is 0 Å². The molecule has 1 atom stereocenters. The largest absolute Gasteiger partial charge is 0.290 e. The second-order valence-electron chi connectivity index (χ2n) is 4.85. The summed E-state index contributed by atoms with van der Waals surface area (Å²) in [6, 6.07) is 2.65. The Morgan fingerprint density at radius 1 is 1.44 bits per heavy atom. The van der Waals surface area contributed by atoms with Crippen LogP contribution < -0.4 is 0 Å². The molecular weight excluding hydrogens is 242 g/mol. The molecular formula is C14H17N3S. The maximum atomic E-state index is 4.63. The molecule has 4 heteroatoms. The molecule has 0 aliphatic carbocycles. The van der Waals surface area contributed by atoms with Gasteiger partial charge in [-0.1, -0.05) is 0 Å². The van der Waals surface area contributed by atoms with Gasteiger partial charge in [-0.05, 0) is 48.7 Å². The van der Waals surface area contributed by atoms with Crippen LogP contribution >= 0.6 is 11.3 Å². The molecule has 1 fully saturated rings. The van der Waals surface area contributed by atoms with Crippen LogP contribution in [0.1, 0.15) is 35.8 Å². The first kappa shape index (κ1) is 11.8. The van der Waals surface area contributed by atoms with Crippen molar-refractivity contribution in [3.05, 3.63) is 46.2 Å². The molecule has 94 valence electrons. The number of hydrogen-bond donors (Lipinski definition) is 0. The summed E-state index contributed by atoms with van der Waals surface area (Å²) in [6.45, 7) is 4.20. The van der Waals surface area contributed by atoms with Gasteiger partial charge in [0.05, 0.1) is 17.4 Å². The molecule has 2 aromatic rings. The van der Waals surface area contributed by atoms with Gasteiger partial charge >= 0.3 is 0 Å². The van der Waals surface area contributed by atoms with Gasteiger partial charge in [-0.3, -0.25) is 14.9 Å². The van der Waals surface area contributed by atoms with Crippen LogP contribution in [0, 0.1) is 6.92 Å². The van der Waals surface area contributed by atoms with Crippen LogP contribution in [0.5, 0.6) is 0 Å². The number of likely N-dealkylation sites (tertiary alicyclic amines) is 1. The summed E-state index contributed by atoms with van der Waals surface area (Å²) in [5.41, 5.74) is 3.55. The minimum Gasteiger partial charge on any atom is -0.290 e. The van der Waals surface area contributed by atoms with Gasteiger partial charge in [0, 0.05) is 18.9 Å². The van der Waals surface area contributed by atoms with Gasteiger partial charge in [-0.25, -0.2) is 0 Å². The lowest BCUT2D eigenvalue weighted by Gasteiger charge is -2.23. The summed E-state index contributed by atoms with van der Waals surface area (Å²) in [7, 11) is 0. The van der Waals surface area contributed by atoms with E-state index in [9.17, 15) is 0 Å². The van der Waals surface area contributed by atoms with Crippen LogP contribution in [-0.2, 0) is 6.54 Å². The standard InChI is InChI=1S/C14H17N3S/c1-11-7-15-8-13(16-11)14-3-2-5-17(14)9-12-4-6-18-10-12/h4,6-8,10,14H,2-3,5,9H2,1H3/t14-/m0/s1. The van der Waals surface area contributed by atoms with Gasteiger partial charge in [-0.2, -0.15) is 11.3 Å². The Bertz CT molecular complexity index is 510. The monoisotopic (exact) mass is 259 g/mol. The number of rotatable bonds is 3. The van der Waals surface area contributed by atoms with Gasteiger partial charge in [0.1, 0.15) is 0 Å². The van der Waals surface area contributed by atoms with Crippen molar-refractivity contribution < 1.29 is 0 Å². The zero-order valence-electron chi connectivity index (χ0n) is 10.5. The highest BCUT2D eigenvalue weighted by Gasteiger charge is 2.27. The van der Waals surface area contributed by atoms with Crippen LogP contribution in [-0.4, -0.2) is 21.4 Å². The van der Waals surface area contributed by atoms with E-state index in [1.807, 2.05) is 19.3 Å².